The number of hydrogen-bond donors (Lipinski definition) is 3. The second-order valence-corrected chi connectivity index (χ2v) is 10.4. The molecule has 0 aromatic heterocycles. The molecule has 0 amide bonds. The monoisotopic (exact) mass is 654 g/mol. The van der Waals surface area contributed by atoms with E-state index in [2.05, 4.69) is 0 Å². The number of rotatable bonds is 37. The molecule has 16 nitrogen and oxygen atoms in total. The van der Waals surface area contributed by atoms with E-state index in [0.717, 1.165) is 0 Å². The van der Waals surface area contributed by atoms with Crippen molar-refractivity contribution in [3.63, 3.8) is 0 Å². The summed E-state index contributed by atoms with van der Waals surface area (Å²) in [5.74, 6) is -1.14. The molecule has 0 fully saturated rings. The van der Waals surface area contributed by atoms with Crippen molar-refractivity contribution in [2.75, 3.05) is 159 Å². The summed E-state index contributed by atoms with van der Waals surface area (Å²) in [4.78, 5) is 17.8. The largest absolute Gasteiger partial charge is 0.394 e. The summed E-state index contributed by atoms with van der Waals surface area (Å²) in [6.07, 6.45) is 0. The van der Waals surface area contributed by atoms with E-state index in [1.165, 1.54) is 6.92 Å². The Morgan fingerprint density at radius 2 is 0.581 bits per heavy atom. The van der Waals surface area contributed by atoms with E-state index in [-0.39, 0.29) is 19.8 Å². The Morgan fingerprint density at radius 1 is 0.395 bits per heavy atom. The van der Waals surface area contributed by atoms with Gasteiger partial charge in [-0.15, -0.1) is 0 Å². The highest BCUT2D eigenvalue weighted by atomic mass is 31.2. The van der Waals surface area contributed by atoms with Crippen LogP contribution >= 0.6 is 7.60 Å². The molecule has 0 rings (SSSR count). The third-order valence-electron chi connectivity index (χ3n) is 5.02. The van der Waals surface area contributed by atoms with Crippen molar-refractivity contribution in [1.82, 2.24) is 0 Å². The quantitative estimate of drug-likeness (QED) is 0.0585. The molecule has 1 atom stereocenters. The van der Waals surface area contributed by atoms with Gasteiger partial charge in [-0.05, 0) is 6.92 Å². The van der Waals surface area contributed by atoms with Gasteiger partial charge in [0, 0.05) is 0 Å². The Morgan fingerprint density at radius 3 is 0.767 bits per heavy atom. The van der Waals surface area contributed by atoms with Gasteiger partial charge < -0.3 is 71.7 Å². The third-order valence-corrected chi connectivity index (χ3v) is 6.11. The Balaban J connectivity index is 3.08. The average molecular weight is 655 g/mol. The summed E-state index contributed by atoms with van der Waals surface area (Å²) in [6, 6.07) is 0. The zero-order chi connectivity index (χ0) is 31.5. The first-order chi connectivity index (χ1) is 21.0. The van der Waals surface area contributed by atoms with Crippen molar-refractivity contribution in [3.05, 3.63) is 0 Å². The number of aliphatic hydroxyl groups excluding tert-OH is 1. The van der Waals surface area contributed by atoms with Gasteiger partial charge in [0.1, 0.15) is 0 Å². The summed E-state index contributed by atoms with van der Waals surface area (Å²) in [5, 5.41) is 8.56. The number of ether oxygens (including phenoxy) is 12. The van der Waals surface area contributed by atoms with E-state index in [0.29, 0.717) is 139 Å². The summed E-state index contributed by atoms with van der Waals surface area (Å²) < 4.78 is 74.9. The van der Waals surface area contributed by atoms with Crippen molar-refractivity contribution in [1.29, 1.82) is 0 Å². The molecule has 0 aromatic carbocycles. The smallest absolute Gasteiger partial charge is 0.353 e. The second kappa shape index (κ2) is 34.5. The fourth-order valence-electron chi connectivity index (χ4n) is 2.74. The topological polar surface area (TPSA) is 189 Å². The van der Waals surface area contributed by atoms with Crippen LogP contribution in [0.25, 0.3) is 0 Å². The van der Waals surface area contributed by atoms with Crippen molar-refractivity contribution in [2.45, 2.75) is 12.8 Å². The van der Waals surface area contributed by atoms with Gasteiger partial charge in [-0.2, -0.15) is 0 Å². The molecule has 0 bridgehead atoms. The molecule has 0 spiro atoms. The first-order valence-electron chi connectivity index (χ1n) is 14.6. The van der Waals surface area contributed by atoms with Gasteiger partial charge >= 0.3 is 7.60 Å². The summed E-state index contributed by atoms with van der Waals surface area (Å²) in [5.41, 5.74) is 0. The predicted molar refractivity (Wildman–Crippen MR) is 154 cm³/mol. The minimum absolute atomic E-state index is 0.0180. The normalized spacial score (nSPS) is 12.7. The van der Waals surface area contributed by atoms with E-state index >= 15 is 0 Å². The lowest BCUT2D eigenvalue weighted by molar-refractivity contribution is -0.0289. The summed E-state index contributed by atoms with van der Waals surface area (Å²) in [7, 11) is -4.21. The maximum atomic E-state index is 10.9. The minimum atomic E-state index is -4.21. The maximum Gasteiger partial charge on any atom is 0.353 e. The molecule has 17 heteroatoms. The van der Waals surface area contributed by atoms with Crippen LogP contribution in [0.15, 0.2) is 0 Å². The molecule has 260 valence electrons. The van der Waals surface area contributed by atoms with Crippen LogP contribution in [0, 0.1) is 0 Å². The van der Waals surface area contributed by atoms with Gasteiger partial charge in [0.25, 0.3) is 0 Å². The molecule has 0 radical (unpaired) electrons. The first-order valence-corrected chi connectivity index (χ1v) is 16.3. The molecule has 0 aliphatic heterocycles. The van der Waals surface area contributed by atoms with E-state index in [1.807, 2.05) is 0 Å². The molecule has 3 N–H and O–H groups in total. The average Bonchev–Trinajstić information content (AvgIpc) is 2.98. The fraction of sp³-hybridized carbons (Fsp3) is 1.00. The molecule has 1 unspecified atom stereocenters. The second-order valence-electron chi connectivity index (χ2n) is 8.52. The molecular formula is C26H55O16P. The summed E-state index contributed by atoms with van der Waals surface area (Å²) >= 11 is 0. The van der Waals surface area contributed by atoms with Gasteiger partial charge in [0.15, 0.2) is 5.85 Å². The third kappa shape index (κ3) is 36.0. The zero-order valence-electron chi connectivity index (χ0n) is 25.6. The lowest BCUT2D eigenvalue weighted by Gasteiger charge is -2.14. The van der Waals surface area contributed by atoms with Crippen molar-refractivity contribution in [3.8, 4) is 0 Å². The van der Waals surface area contributed by atoms with Crippen LogP contribution in [0.3, 0.4) is 0 Å². The Bertz CT molecular complexity index is 585. The molecule has 0 aromatic rings. The van der Waals surface area contributed by atoms with Crippen molar-refractivity contribution < 1.29 is 76.3 Å². The Hall–Kier alpha value is -0.370. The molecule has 0 heterocycles. The molecule has 0 aliphatic rings. The van der Waals surface area contributed by atoms with Crippen LogP contribution in [-0.2, 0) is 61.4 Å². The maximum absolute atomic E-state index is 10.9. The van der Waals surface area contributed by atoms with E-state index in [9.17, 15) is 4.57 Å². The SMILES string of the molecule is CC(OCCOCCOCCOCCOCCOCCOCCOCCOCCOCCOCCOCCO)P(=O)(O)O. The van der Waals surface area contributed by atoms with Gasteiger partial charge in [-0.25, -0.2) is 0 Å². The standard InChI is InChI=1S/C26H55O16P/c1-26(43(28,29)30)42-25-24-41-23-22-40-21-20-39-19-18-38-17-16-37-15-14-36-13-12-35-11-10-34-9-8-33-7-6-32-5-4-31-3-2-27/h26-27H,2-25H2,1H3,(H2,28,29,30). The molecule has 0 aliphatic carbocycles. The highest BCUT2D eigenvalue weighted by Crippen LogP contribution is 2.41. The number of hydrogen-bond acceptors (Lipinski definition) is 14. The van der Waals surface area contributed by atoms with Crippen LogP contribution in [-0.4, -0.2) is 179 Å². The first kappa shape index (κ1) is 42.6. The Labute approximate surface area is 255 Å². The molecular weight excluding hydrogens is 599 g/mol. The van der Waals surface area contributed by atoms with Gasteiger partial charge in [-0.3, -0.25) is 4.57 Å². The predicted octanol–water partition coefficient (Wildman–Crippen LogP) is -0.298. The zero-order valence-corrected chi connectivity index (χ0v) is 26.5. The molecule has 0 saturated heterocycles. The Kier molecular flexibility index (Phi) is 34.2. The van der Waals surface area contributed by atoms with Gasteiger partial charge in [0.2, 0.25) is 0 Å². The highest BCUT2D eigenvalue weighted by molar-refractivity contribution is 7.52. The van der Waals surface area contributed by atoms with Crippen LogP contribution in [0.4, 0.5) is 0 Å². The highest BCUT2D eigenvalue weighted by Gasteiger charge is 2.24. The number of aliphatic hydroxyl groups is 1. The molecule has 0 saturated carbocycles. The minimum Gasteiger partial charge on any atom is -0.394 e. The van der Waals surface area contributed by atoms with Gasteiger partial charge in [0.05, 0.1) is 159 Å². The van der Waals surface area contributed by atoms with Crippen LogP contribution in [0.2, 0.25) is 0 Å². The lowest BCUT2D eigenvalue weighted by atomic mass is 10.6. The van der Waals surface area contributed by atoms with Gasteiger partial charge in [-0.1, -0.05) is 0 Å². The lowest BCUT2D eigenvalue weighted by Crippen LogP contribution is -2.16. The fourth-order valence-corrected chi connectivity index (χ4v) is 3.04. The van der Waals surface area contributed by atoms with Crippen molar-refractivity contribution in [2.24, 2.45) is 0 Å². The van der Waals surface area contributed by atoms with E-state index in [1.54, 1.807) is 0 Å². The van der Waals surface area contributed by atoms with Crippen LogP contribution in [0.1, 0.15) is 6.92 Å². The molecule has 43 heavy (non-hydrogen) atoms. The van der Waals surface area contributed by atoms with E-state index < -0.39 is 13.4 Å². The van der Waals surface area contributed by atoms with Crippen LogP contribution < -0.4 is 0 Å². The summed E-state index contributed by atoms with van der Waals surface area (Å²) in [6.45, 7) is 11.3. The van der Waals surface area contributed by atoms with Crippen molar-refractivity contribution >= 4 is 7.60 Å². The van der Waals surface area contributed by atoms with E-state index in [4.69, 9.17) is 71.7 Å². The van der Waals surface area contributed by atoms with Crippen LogP contribution in [0.5, 0.6) is 0 Å².